The van der Waals surface area contributed by atoms with Crippen molar-refractivity contribution in [2.75, 3.05) is 12.8 Å². The summed E-state index contributed by atoms with van der Waals surface area (Å²) in [7, 11) is 1.52. The molecule has 20 heavy (non-hydrogen) atoms. The monoisotopic (exact) mass is 279 g/mol. The molecule has 1 fully saturated rings. The van der Waals surface area contributed by atoms with E-state index < -0.39 is 5.97 Å². The fourth-order valence-electron chi connectivity index (χ4n) is 2.54. The Labute approximate surface area is 118 Å². The molecule has 5 heteroatoms. The Morgan fingerprint density at radius 2 is 1.90 bits per heavy atom. The molecule has 2 rings (SSSR count). The van der Waals surface area contributed by atoms with E-state index in [1.165, 1.54) is 19.2 Å². The molecule has 0 bridgehead atoms. The van der Waals surface area contributed by atoms with Crippen LogP contribution < -0.4 is 15.2 Å². The molecule has 0 spiro atoms. The summed E-state index contributed by atoms with van der Waals surface area (Å²) in [5.41, 5.74) is 5.93. The third-order valence-corrected chi connectivity index (χ3v) is 3.82. The molecule has 1 aromatic rings. The molecule has 0 aliphatic heterocycles. The van der Waals surface area contributed by atoms with E-state index >= 15 is 0 Å². The minimum absolute atomic E-state index is 0.0463. The minimum atomic E-state index is -1.06. The van der Waals surface area contributed by atoms with Crippen molar-refractivity contribution in [2.45, 2.75) is 38.7 Å². The number of ether oxygens (including phenoxy) is 2. The van der Waals surface area contributed by atoms with E-state index in [4.69, 9.17) is 20.3 Å². The summed E-state index contributed by atoms with van der Waals surface area (Å²) in [6.45, 7) is 2.24. The molecule has 110 valence electrons. The summed E-state index contributed by atoms with van der Waals surface area (Å²) in [5.74, 6) is 0.606. The largest absolute Gasteiger partial charge is 0.493 e. The third-order valence-electron chi connectivity index (χ3n) is 3.82. The topological polar surface area (TPSA) is 81.8 Å². The summed E-state index contributed by atoms with van der Waals surface area (Å²) in [5, 5.41) is 9.12. The quantitative estimate of drug-likeness (QED) is 0.828. The van der Waals surface area contributed by atoms with Crippen molar-refractivity contribution in [1.29, 1.82) is 0 Å². The maximum atomic E-state index is 11.1. The summed E-state index contributed by atoms with van der Waals surface area (Å²) in [4.78, 5) is 11.1. The highest BCUT2D eigenvalue weighted by molar-refractivity contribution is 5.94. The van der Waals surface area contributed by atoms with Crippen LogP contribution in [0.2, 0.25) is 0 Å². The predicted octanol–water partition coefficient (Wildman–Crippen LogP) is 2.93. The number of carboxylic acid groups (broad SMARTS) is 1. The van der Waals surface area contributed by atoms with Gasteiger partial charge in [0.2, 0.25) is 0 Å². The minimum Gasteiger partial charge on any atom is -0.493 e. The molecular weight excluding hydrogens is 258 g/mol. The van der Waals surface area contributed by atoms with Crippen molar-refractivity contribution in [3.8, 4) is 11.5 Å². The number of nitrogen functional groups attached to an aromatic ring is 1. The summed E-state index contributed by atoms with van der Waals surface area (Å²) in [6, 6.07) is 2.96. The first kappa shape index (κ1) is 14.5. The van der Waals surface area contributed by atoms with Crippen LogP contribution in [0.15, 0.2) is 12.1 Å². The number of hydrogen-bond donors (Lipinski definition) is 2. The lowest BCUT2D eigenvalue weighted by Crippen LogP contribution is -2.23. The summed E-state index contributed by atoms with van der Waals surface area (Å²) in [6.07, 6.45) is 4.35. The van der Waals surface area contributed by atoms with Crippen LogP contribution in [0.1, 0.15) is 43.0 Å². The molecule has 1 saturated carbocycles. The SMILES string of the molecule is COc1cc(N)c(C(=O)O)cc1OC1CCC(C)CC1. The normalized spacial score (nSPS) is 22.3. The molecule has 0 saturated heterocycles. The van der Waals surface area contributed by atoms with Crippen LogP contribution in [0, 0.1) is 5.92 Å². The molecule has 1 aromatic carbocycles. The van der Waals surface area contributed by atoms with E-state index in [9.17, 15) is 4.79 Å². The van der Waals surface area contributed by atoms with Gasteiger partial charge in [0.15, 0.2) is 11.5 Å². The third kappa shape index (κ3) is 3.15. The highest BCUT2D eigenvalue weighted by atomic mass is 16.5. The van der Waals surface area contributed by atoms with Gasteiger partial charge in [0.05, 0.1) is 24.5 Å². The molecule has 0 atom stereocenters. The number of methoxy groups -OCH3 is 1. The number of rotatable bonds is 4. The summed E-state index contributed by atoms with van der Waals surface area (Å²) >= 11 is 0. The van der Waals surface area contributed by atoms with Crippen molar-refractivity contribution >= 4 is 11.7 Å². The highest BCUT2D eigenvalue weighted by Gasteiger charge is 2.22. The molecule has 1 aliphatic rings. The zero-order valence-corrected chi connectivity index (χ0v) is 11.9. The van der Waals surface area contributed by atoms with Crippen LogP contribution in [0.5, 0.6) is 11.5 Å². The molecule has 5 nitrogen and oxygen atoms in total. The Hall–Kier alpha value is -1.91. The van der Waals surface area contributed by atoms with Crippen molar-refractivity contribution in [3.05, 3.63) is 17.7 Å². The van der Waals surface area contributed by atoms with Crippen LogP contribution in [-0.4, -0.2) is 24.3 Å². The first-order valence-electron chi connectivity index (χ1n) is 6.88. The number of hydrogen-bond acceptors (Lipinski definition) is 4. The van der Waals surface area contributed by atoms with Gasteiger partial charge in [0.25, 0.3) is 0 Å². The van der Waals surface area contributed by atoms with Crippen LogP contribution in [0.3, 0.4) is 0 Å². The van der Waals surface area contributed by atoms with Crippen molar-refractivity contribution < 1.29 is 19.4 Å². The van der Waals surface area contributed by atoms with E-state index in [0.29, 0.717) is 11.5 Å². The lowest BCUT2D eigenvalue weighted by molar-refractivity contribution is 0.0696. The Morgan fingerprint density at radius 3 is 2.45 bits per heavy atom. The Morgan fingerprint density at radius 1 is 1.25 bits per heavy atom. The van der Waals surface area contributed by atoms with Gasteiger partial charge in [-0.3, -0.25) is 0 Å². The molecule has 0 unspecified atom stereocenters. The van der Waals surface area contributed by atoms with Crippen molar-refractivity contribution in [1.82, 2.24) is 0 Å². The second-order valence-corrected chi connectivity index (χ2v) is 5.40. The van der Waals surface area contributed by atoms with Gasteiger partial charge < -0.3 is 20.3 Å². The number of carbonyl (C=O) groups is 1. The molecule has 0 heterocycles. The number of benzene rings is 1. The average Bonchev–Trinajstić information content (AvgIpc) is 2.42. The van der Waals surface area contributed by atoms with Crippen LogP contribution >= 0.6 is 0 Å². The van der Waals surface area contributed by atoms with Gasteiger partial charge in [0.1, 0.15) is 0 Å². The fraction of sp³-hybridized carbons (Fsp3) is 0.533. The van der Waals surface area contributed by atoms with Gasteiger partial charge in [-0.2, -0.15) is 0 Å². The Balaban J connectivity index is 2.21. The van der Waals surface area contributed by atoms with Gasteiger partial charge in [-0.05, 0) is 31.6 Å². The van der Waals surface area contributed by atoms with Crippen LogP contribution in [0.4, 0.5) is 5.69 Å². The molecule has 1 aliphatic carbocycles. The van der Waals surface area contributed by atoms with Gasteiger partial charge in [-0.1, -0.05) is 6.92 Å². The molecule has 3 N–H and O–H groups in total. The number of nitrogens with two attached hydrogens (primary N) is 1. The van der Waals surface area contributed by atoms with Crippen LogP contribution in [0.25, 0.3) is 0 Å². The van der Waals surface area contributed by atoms with Crippen LogP contribution in [-0.2, 0) is 0 Å². The number of carboxylic acids is 1. The average molecular weight is 279 g/mol. The number of anilines is 1. The second-order valence-electron chi connectivity index (χ2n) is 5.40. The Bertz CT molecular complexity index is 493. The van der Waals surface area contributed by atoms with Gasteiger partial charge in [0, 0.05) is 12.1 Å². The van der Waals surface area contributed by atoms with Gasteiger partial charge >= 0.3 is 5.97 Å². The smallest absolute Gasteiger partial charge is 0.337 e. The van der Waals surface area contributed by atoms with Crippen molar-refractivity contribution in [2.24, 2.45) is 5.92 Å². The molecule has 0 aromatic heterocycles. The first-order valence-corrected chi connectivity index (χ1v) is 6.88. The first-order chi connectivity index (χ1) is 9.51. The lowest BCUT2D eigenvalue weighted by atomic mass is 9.89. The molecular formula is C15H21NO4. The Kier molecular flexibility index (Phi) is 4.37. The zero-order chi connectivity index (χ0) is 14.7. The van der Waals surface area contributed by atoms with Gasteiger partial charge in [-0.15, -0.1) is 0 Å². The van der Waals surface area contributed by atoms with E-state index in [2.05, 4.69) is 6.92 Å². The lowest BCUT2D eigenvalue weighted by Gasteiger charge is -2.27. The zero-order valence-electron chi connectivity index (χ0n) is 11.9. The summed E-state index contributed by atoms with van der Waals surface area (Å²) < 4.78 is 11.2. The highest BCUT2D eigenvalue weighted by Crippen LogP contribution is 2.35. The fourth-order valence-corrected chi connectivity index (χ4v) is 2.54. The van der Waals surface area contributed by atoms with E-state index in [0.717, 1.165) is 31.6 Å². The predicted molar refractivity (Wildman–Crippen MR) is 76.4 cm³/mol. The van der Waals surface area contributed by atoms with E-state index in [-0.39, 0.29) is 17.4 Å². The van der Waals surface area contributed by atoms with Crippen molar-refractivity contribution in [3.63, 3.8) is 0 Å². The molecule has 0 radical (unpaired) electrons. The maximum absolute atomic E-state index is 11.1. The van der Waals surface area contributed by atoms with E-state index in [1.54, 1.807) is 0 Å². The standard InChI is InChI=1S/C15H21NO4/c1-9-3-5-10(6-4-9)20-14-7-11(15(17)18)12(16)8-13(14)19-2/h7-10H,3-6,16H2,1-2H3,(H,17,18). The molecule has 0 amide bonds. The van der Waals surface area contributed by atoms with E-state index in [1.807, 2.05) is 0 Å². The van der Waals surface area contributed by atoms with Gasteiger partial charge in [-0.25, -0.2) is 4.79 Å². The maximum Gasteiger partial charge on any atom is 0.337 e. The number of aromatic carboxylic acids is 1. The second kappa shape index (κ2) is 6.03.